The second kappa shape index (κ2) is 7.13. The number of anilines is 1. The summed E-state index contributed by atoms with van der Waals surface area (Å²) in [5.41, 5.74) is 12.1. The van der Waals surface area contributed by atoms with Crippen LogP contribution in [0.4, 0.5) is 5.69 Å². The van der Waals surface area contributed by atoms with Crippen molar-refractivity contribution in [2.45, 2.75) is 25.8 Å². The number of nitrogens with one attached hydrogen (secondary N) is 1. The van der Waals surface area contributed by atoms with Crippen LogP contribution < -0.4 is 21.5 Å². The Balaban J connectivity index is 2.16. The fourth-order valence-electron chi connectivity index (χ4n) is 2.01. The first-order valence-corrected chi connectivity index (χ1v) is 7.52. The standard InChI is InChI=1S/C16H22N4O3/c1-9(15(18)21)20-16(22)14(19-2)12-7-11(5-6-13(12)17)23-8-10-3-4-10/h5-7,9-10H,3-4,8,17H2,1-2H3,(H2,18,21)(H,20,22)/t9-/m0/s1. The van der Waals surface area contributed by atoms with Gasteiger partial charge in [-0.1, -0.05) is 0 Å². The summed E-state index contributed by atoms with van der Waals surface area (Å²) in [6.45, 7) is 2.17. The minimum Gasteiger partial charge on any atom is -0.493 e. The molecular formula is C16H22N4O3. The fourth-order valence-corrected chi connectivity index (χ4v) is 2.01. The van der Waals surface area contributed by atoms with Gasteiger partial charge in [0.05, 0.1) is 6.61 Å². The summed E-state index contributed by atoms with van der Waals surface area (Å²) < 4.78 is 5.70. The number of hydrogen-bond acceptors (Lipinski definition) is 5. The Morgan fingerprint density at radius 1 is 1.43 bits per heavy atom. The molecule has 1 aromatic carbocycles. The lowest BCUT2D eigenvalue weighted by atomic mass is 10.1. The molecular weight excluding hydrogens is 296 g/mol. The highest BCUT2D eigenvalue weighted by Crippen LogP contribution is 2.30. The van der Waals surface area contributed by atoms with E-state index in [4.69, 9.17) is 16.2 Å². The van der Waals surface area contributed by atoms with Crippen molar-refractivity contribution in [2.75, 3.05) is 19.4 Å². The Labute approximate surface area is 135 Å². The number of benzene rings is 1. The summed E-state index contributed by atoms with van der Waals surface area (Å²) in [6, 6.07) is 4.33. The topological polar surface area (TPSA) is 120 Å². The van der Waals surface area contributed by atoms with E-state index in [9.17, 15) is 9.59 Å². The van der Waals surface area contributed by atoms with Gasteiger partial charge in [-0.2, -0.15) is 0 Å². The molecule has 1 aliphatic carbocycles. The number of amides is 2. The molecule has 0 aliphatic heterocycles. The van der Waals surface area contributed by atoms with Crippen LogP contribution in [0.15, 0.2) is 23.2 Å². The summed E-state index contributed by atoms with van der Waals surface area (Å²) in [4.78, 5) is 27.4. The number of hydrogen-bond donors (Lipinski definition) is 3. The van der Waals surface area contributed by atoms with Crippen LogP contribution in [0.3, 0.4) is 0 Å². The van der Waals surface area contributed by atoms with Crippen LogP contribution in [0.1, 0.15) is 25.3 Å². The number of primary amides is 1. The molecule has 0 heterocycles. The zero-order valence-corrected chi connectivity index (χ0v) is 13.3. The summed E-state index contributed by atoms with van der Waals surface area (Å²) in [6.07, 6.45) is 2.38. The predicted molar refractivity (Wildman–Crippen MR) is 88.3 cm³/mol. The van der Waals surface area contributed by atoms with Crippen LogP contribution in [0, 0.1) is 5.92 Å². The van der Waals surface area contributed by atoms with E-state index in [1.54, 1.807) is 18.2 Å². The molecule has 1 atom stereocenters. The smallest absolute Gasteiger partial charge is 0.270 e. The van der Waals surface area contributed by atoms with E-state index in [0.717, 1.165) is 0 Å². The number of carbonyl (C=O) groups is 2. The second-order valence-electron chi connectivity index (χ2n) is 5.67. The van der Waals surface area contributed by atoms with Gasteiger partial charge in [0.1, 0.15) is 17.5 Å². The molecule has 7 nitrogen and oxygen atoms in total. The molecule has 124 valence electrons. The van der Waals surface area contributed by atoms with Crippen molar-refractivity contribution in [3.8, 4) is 5.75 Å². The maximum Gasteiger partial charge on any atom is 0.270 e. The molecule has 1 saturated carbocycles. The van der Waals surface area contributed by atoms with Gasteiger partial charge in [0.15, 0.2) is 0 Å². The Kier molecular flexibility index (Phi) is 5.20. The number of aliphatic imine (C=N–C) groups is 1. The number of nitrogens with two attached hydrogens (primary N) is 2. The van der Waals surface area contributed by atoms with Crippen molar-refractivity contribution < 1.29 is 14.3 Å². The van der Waals surface area contributed by atoms with Crippen molar-refractivity contribution in [2.24, 2.45) is 16.6 Å². The molecule has 1 fully saturated rings. The average molecular weight is 318 g/mol. The van der Waals surface area contributed by atoms with Crippen LogP contribution in [-0.4, -0.2) is 37.2 Å². The van der Waals surface area contributed by atoms with Crippen molar-refractivity contribution in [1.29, 1.82) is 0 Å². The molecule has 7 heteroatoms. The minimum absolute atomic E-state index is 0.132. The third-order valence-corrected chi connectivity index (χ3v) is 3.68. The number of ether oxygens (including phenoxy) is 1. The third kappa shape index (κ3) is 4.45. The molecule has 2 amide bonds. The van der Waals surface area contributed by atoms with Gasteiger partial charge in [-0.3, -0.25) is 14.6 Å². The van der Waals surface area contributed by atoms with Crippen LogP contribution in [0.25, 0.3) is 0 Å². The minimum atomic E-state index is -0.797. The monoisotopic (exact) mass is 318 g/mol. The molecule has 0 aromatic heterocycles. The first-order valence-electron chi connectivity index (χ1n) is 7.52. The molecule has 0 unspecified atom stereocenters. The van der Waals surface area contributed by atoms with Crippen molar-refractivity contribution >= 4 is 23.2 Å². The highest BCUT2D eigenvalue weighted by Gasteiger charge is 2.23. The molecule has 2 rings (SSSR count). The second-order valence-corrected chi connectivity index (χ2v) is 5.67. The van der Waals surface area contributed by atoms with E-state index >= 15 is 0 Å². The zero-order chi connectivity index (χ0) is 17.0. The van der Waals surface area contributed by atoms with E-state index in [2.05, 4.69) is 10.3 Å². The summed E-state index contributed by atoms with van der Waals surface area (Å²) in [7, 11) is 1.49. The highest BCUT2D eigenvalue weighted by molar-refractivity contribution is 6.46. The number of nitrogens with zero attached hydrogens (tertiary/aromatic N) is 1. The largest absolute Gasteiger partial charge is 0.493 e. The van der Waals surface area contributed by atoms with Gasteiger partial charge in [-0.05, 0) is 43.9 Å². The Bertz CT molecular complexity index is 638. The molecule has 0 radical (unpaired) electrons. The predicted octanol–water partition coefficient (Wildman–Crippen LogP) is 0.467. The lowest BCUT2D eigenvalue weighted by molar-refractivity contribution is -0.123. The molecule has 1 aliphatic rings. The molecule has 0 spiro atoms. The SMILES string of the molecule is CN=C(C(=O)N[C@@H](C)C(N)=O)c1cc(OCC2CC2)ccc1N. The molecule has 0 saturated heterocycles. The van der Waals surface area contributed by atoms with Gasteiger partial charge in [-0.15, -0.1) is 0 Å². The molecule has 23 heavy (non-hydrogen) atoms. The van der Waals surface area contributed by atoms with Crippen molar-refractivity contribution in [3.63, 3.8) is 0 Å². The first-order chi connectivity index (χ1) is 10.9. The van der Waals surface area contributed by atoms with E-state index < -0.39 is 17.9 Å². The molecule has 5 N–H and O–H groups in total. The van der Waals surface area contributed by atoms with Gasteiger partial charge in [0, 0.05) is 18.3 Å². The quantitative estimate of drug-likeness (QED) is 0.500. The Hall–Kier alpha value is -2.57. The lowest BCUT2D eigenvalue weighted by Gasteiger charge is -2.14. The normalized spacial score (nSPS) is 15.8. The van der Waals surface area contributed by atoms with Crippen molar-refractivity contribution in [1.82, 2.24) is 5.32 Å². The lowest BCUT2D eigenvalue weighted by Crippen LogP contribution is -2.45. The Morgan fingerprint density at radius 2 is 2.13 bits per heavy atom. The van der Waals surface area contributed by atoms with Crippen LogP contribution in [0.2, 0.25) is 0 Å². The van der Waals surface area contributed by atoms with Gasteiger partial charge in [0.25, 0.3) is 5.91 Å². The van der Waals surface area contributed by atoms with E-state index in [-0.39, 0.29) is 5.71 Å². The van der Waals surface area contributed by atoms with Gasteiger partial charge in [-0.25, -0.2) is 0 Å². The van der Waals surface area contributed by atoms with Crippen molar-refractivity contribution in [3.05, 3.63) is 23.8 Å². The fraction of sp³-hybridized carbons (Fsp3) is 0.438. The van der Waals surface area contributed by atoms with Crippen LogP contribution >= 0.6 is 0 Å². The summed E-state index contributed by atoms with van der Waals surface area (Å²) in [5, 5.41) is 2.50. The Morgan fingerprint density at radius 3 is 2.70 bits per heavy atom. The molecule has 1 aromatic rings. The van der Waals surface area contributed by atoms with E-state index in [0.29, 0.717) is 29.5 Å². The third-order valence-electron chi connectivity index (χ3n) is 3.68. The van der Waals surface area contributed by atoms with Crippen LogP contribution in [-0.2, 0) is 9.59 Å². The number of rotatable bonds is 7. The maximum absolute atomic E-state index is 12.3. The van der Waals surface area contributed by atoms with Gasteiger partial charge >= 0.3 is 0 Å². The van der Waals surface area contributed by atoms with E-state index in [1.165, 1.54) is 26.8 Å². The summed E-state index contributed by atoms with van der Waals surface area (Å²) in [5.74, 6) is 0.126. The number of nitrogen functional groups attached to an aromatic ring is 1. The van der Waals surface area contributed by atoms with Gasteiger partial charge in [0.2, 0.25) is 5.91 Å². The van der Waals surface area contributed by atoms with Crippen LogP contribution in [0.5, 0.6) is 5.75 Å². The first kappa shape index (κ1) is 16.8. The average Bonchev–Trinajstić information content (AvgIpc) is 3.32. The number of carbonyl (C=O) groups excluding carboxylic acids is 2. The zero-order valence-electron chi connectivity index (χ0n) is 13.3. The maximum atomic E-state index is 12.3. The highest BCUT2D eigenvalue weighted by atomic mass is 16.5. The van der Waals surface area contributed by atoms with E-state index in [1.807, 2.05) is 0 Å². The summed E-state index contributed by atoms with van der Waals surface area (Å²) >= 11 is 0. The van der Waals surface area contributed by atoms with Gasteiger partial charge < -0.3 is 21.5 Å². The molecule has 0 bridgehead atoms.